The molecular weight excluding hydrogens is 290 g/mol. The minimum absolute atomic E-state index is 0. The number of hydrogen-bond donors (Lipinski definition) is 0. The Balaban J connectivity index is -0.00000000750. The van der Waals surface area contributed by atoms with Crippen LogP contribution in [0.4, 0.5) is 4.79 Å². The Morgan fingerprint density at radius 3 is 1.00 bits per heavy atom. The topological polar surface area (TPSA) is 63.2 Å². The van der Waals surface area contributed by atoms with E-state index in [1.165, 1.54) is 0 Å². The summed E-state index contributed by atoms with van der Waals surface area (Å²) in [6.07, 6.45) is -2.33. The Labute approximate surface area is 102 Å². The molecule has 0 fully saturated rings. The molecule has 0 saturated carbocycles. The Kier molecular flexibility index (Phi) is 93.9. The summed E-state index contributed by atoms with van der Waals surface area (Å²) < 4.78 is 0. The van der Waals surface area contributed by atoms with Crippen LogP contribution in [0.25, 0.3) is 0 Å². The fourth-order valence-electron chi connectivity index (χ4n) is 0. The van der Waals surface area contributed by atoms with E-state index in [2.05, 4.69) is 0 Å². The van der Waals surface area contributed by atoms with Gasteiger partial charge in [-0.1, -0.05) is 0 Å². The van der Waals surface area contributed by atoms with Crippen LogP contribution >= 0.6 is 0 Å². The molecule has 0 saturated heterocycles. The average molecular weight is 292 g/mol. The summed E-state index contributed by atoms with van der Waals surface area (Å²) in [5.41, 5.74) is 0. The normalized spacial score (nSPS) is 3.00. The van der Waals surface area contributed by atoms with E-state index < -0.39 is 6.16 Å². The fourth-order valence-corrected chi connectivity index (χ4v) is 0. The zero-order valence-electron chi connectivity index (χ0n) is 2.33. The van der Waals surface area contributed by atoms with Crippen LogP contribution < -0.4 is 10.2 Å². The Morgan fingerprint density at radius 2 is 1.00 bits per heavy atom. The van der Waals surface area contributed by atoms with Crippen molar-refractivity contribution in [1.82, 2.24) is 0 Å². The molecule has 0 N–H and O–H groups in total. The van der Waals surface area contributed by atoms with E-state index in [-0.39, 0.29) is 82.5 Å². The van der Waals surface area contributed by atoms with Crippen LogP contribution in [0.15, 0.2) is 0 Å². The summed E-state index contributed by atoms with van der Waals surface area (Å²) in [4.78, 5) is 8.33. The monoisotopic (exact) mass is 290 g/mol. The van der Waals surface area contributed by atoms with Gasteiger partial charge in [-0.25, -0.2) is 0 Å². The standard InChI is InChI=1S/CH2O3.2Ag.2Li.2H/c2-1(3)4;;;;;;/h(H2,2,3,4);;;;;;/q;2*+1;;;;/p-2. The van der Waals surface area contributed by atoms with Crippen molar-refractivity contribution in [3.8, 4) is 0 Å². The van der Waals surface area contributed by atoms with Crippen molar-refractivity contribution in [2.75, 3.05) is 0 Å². The zero-order valence-corrected chi connectivity index (χ0v) is 5.29. The van der Waals surface area contributed by atoms with E-state index in [1.807, 2.05) is 0 Å². The van der Waals surface area contributed by atoms with Crippen molar-refractivity contribution >= 4 is 43.9 Å². The summed E-state index contributed by atoms with van der Waals surface area (Å²) in [7, 11) is 0. The van der Waals surface area contributed by atoms with E-state index in [1.54, 1.807) is 0 Å². The van der Waals surface area contributed by atoms with Crippen molar-refractivity contribution in [2.45, 2.75) is 0 Å². The maximum absolute atomic E-state index is 8.33. The zero-order chi connectivity index (χ0) is 3.58. The quantitative estimate of drug-likeness (QED) is 0.431. The molecule has 0 amide bonds. The van der Waals surface area contributed by atoms with Gasteiger partial charge in [-0.2, -0.15) is 0 Å². The van der Waals surface area contributed by atoms with Crippen LogP contribution in [0.5, 0.6) is 0 Å². The van der Waals surface area contributed by atoms with Crippen LogP contribution in [0.3, 0.4) is 0 Å². The predicted molar refractivity (Wildman–Crippen MR) is 19.7 cm³/mol. The molecule has 0 radical (unpaired) electrons. The maximum atomic E-state index is 8.33. The molecule has 0 atom stereocenters. The first kappa shape index (κ1) is 32.5. The third-order valence-electron chi connectivity index (χ3n) is 0. The summed E-state index contributed by atoms with van der Waals surface area (Å²) >= 11 is 0. The van der Waals surface area contributed by atoms with E-state index in [4.69, 9.17) is 15.0 Å². The average Bonchev–Trinajstić information content (AvgIpc) is 0.811. The Hall–Kier alpha value is 1.95. The van der Waals surface area contributed by atoms with Gasteiger partial charge in [0.1, 0.15) is 0 Å². The molecule has 3 nitrogen and oxygen atoms in total. The number of carboxylic acid groups (broad SMARTS) is 2. The molecule has 0 aromatic heterocycles. The van der Waals surface area contributed by atoms with Gasteiger partial charge in [0.05, 0.1) is 0 Å². The van der Waals surface area contributed by atoms with Gasteiger partial charge >= 0.3 is 82.5 Å². The molecule has 7 heteroatoms. The van der Waals surface area contributed by atoms with Crippen LogP contribution in [-0.4, -0.2) is 43.9 Å². The molecule has 48 valence electrons. The molecule has 0 unspecified atom stereocenters. The van der Waals surface area contributed by atoms with Gasteiger partial charge in [-0.15, -0.1) is 0 Å². The first-order valence-corrected chi connectivity index (χ1v) is 0.612. The molecule has 0 aliphatic carbocycles. The van der Waals surface area contributed by atoms with Crippen molar-refractivity contribution in [3.05, 3.63) is 0 Å². The summed E-state index contributed by atoms with van der Waals surface area (Å²) in [6, 6.07) is 0. The number of rotatable bonds is 0. The van der Waals surface area contributed by atoms with E-state index in [0.29, 0.717) is 0 Å². The summed E-state index contributed by atoms with van der Waals surface area (Å²) in [5, 5.41) is 16.7. The molecule has 0 rings (SSSR count). The van der Waals surface area contributed by atoms with Crippen LogP contribution in [0, 0.1) is 0 Å². The molecule has 0 aliphatic heterocycles. The molecule has 0 spiro atoms. The van der Waals surface area contributed by atoms with Crippen molar-refractivity contribution in [1.29, 1.82) is 0 Å². The minimum atomic E-state index is -2.33. The first-order valence-electron chi connectivity index (χ1n) is 0.612. The van der Waals surface area contributed by atoms with Gasteiger partial charge < -0.3 is 15.0 Å². The molecule has 0 aromatic rings. The van der Waals surface area contributed by atoms with E-state index in [0.717, 1.165) is 0 Å². The van der Waals surface area contributed by atoms with Crippen LogP contribution in [-0.2, 0) is 44.8 Å². The number of hydrogen-bond acceptors (Lipinski definition) is 3. The van der Waals surface area contributed by atoms with Gasteiger partial charge in [0.25, 0.3) is 0 Å². The molecule has 8 heavy (non-hydrogen) atoms. The van der Waals surface area contributed by atoms with Gasteiger partial charge in [0.15, 0.2) is 0 Å². The third-order valence-corrected chi connectivity index (χ3v) is 0. The molecular formula is CH2Ag2Li2O3. The first-order chi connectivity index (χ1) is 1.73. The van der Waals surface area contributed by atoms with Gasteiger partial charge in [0, 0.05) is 0 Å². The van der Waals surface area contributed by atoms with Crippen molar-refractivity contribution in [2.24, 2.45) is 0 Å². The Morgan fingerprint density at radius 1 is 1.00 bits per heavy atom. The fraction of sp³-hybridized carbons (Fsp3) is 0. The van der Waals surface area contributed by atoms with Gasteiger partial charge in [-0.05, 0) is 6.16 Å². The third kappa shape index (κ3) is 101. The second-order valence-corrected chi connectivity index (χ2v) is 0.250. The SMILES string of the molecule is O=C([O-])[O-].[Ag+].[Ag+].[LiH].[LiH]. The van der Waals surface area contributed by atoms with Crippen molar-refractivity contribution in [3.63, 3.8) is 0 Å². The Bertz CT molecular complexity index is 38.3. The van der Waals surface area contributed by atoms with E-state index >= 15 is 0 Å². The molecule has 0 bridgehead atoms. The number of carbonyl (C=O) groups excluding carboxylic acids is 1. The second-order valence-electron chi connectivity index (χ2n) is 0.250. The molecule has 0 aromatic carbocycles. The van der Waals surface area contributed by atoms with Crippen LogP contribution in [0.2, 0.25) is 0 Å². The van der Waals surface area contributed by atoms with Crippen molar-refractivity contribution < 1.29 is 59.8 Å². The van der Waals surface area contributed by atoms with Gasteiger partial charge in [0.2, 0.25) is 0 Å². The molecule has 0 aliphatic rings. The van der Waals surface area contributed by atoms with E-state index in [9.17, 15) is 0 Å². The summed E-state index contributed by atoms with van der Waals surface area (Å²) in [5.74, 6) is 0. The summed E-state index contributed by atoms with van der Waals surface area (Å²) in [6.45, 7) is 0. The number of carbonyl (C=O) groups is 1. The van der Waals surface area contributed by atoms with Crippen LogP contribution in [0.1, 0.15) is 0 Å². The van der Waals surface area contributed by atoms with Gasteiger partial charge in [-0.3, -0.25) is 0 Å². The predicted octanol–water partition coefficient (Wildman–Crippen LogP) is -3.75. The molecule has 0 heterocycles. The second kappa shape index (κ2) is 23.1.